The summed E-state index contributed by atoms with van der Waals surface area (Å²) >= 11 is 1.84. The lowest BCUT2D eigenvalue weighted by Gasteiger charge is -2.27. The summed E-state index contributed by atoms with van der Waals surface area (Å²) in [6.45, 7) is 2.89. The molecule has 5 rings (SSSR count). The number of nitrogens with two attached hydrogens (primary N) is 1. The van der Waals surface area contributed by atoms with Crippen molar-refractivity contribution in [2.45, 2.75) is 19.5 Å². The van der Waals surface area contributed by atoms with Crippen LogP contribution in [0.1, 0.15) is 16.1 Å². The van der Waals surface area contributed by atoms with Gasteiger partial charge in [0.2, 0.25) is 0 Å². The molecule has 0 spiro atoms. The molecule has 4 aromatic rings. The number of rotatable bonds is 4. The van der Waals surface area contributed by atoms with Crippen molar-refractivity contribution in [2.75, 3.05) is 12.3 Å². The third kappa shape index (κ3) is 3.92. The third-order valence-corrected chi connectivity index (χ3v) is 6.24. The molecule has 0 bridgehead atoms. The minimum atomic E-state index is 0.756. The molecule has 3 heterocycles. The molecule has 5 heteroatoms. The van der Waals surface area contributed by atoms with Crippen LogP contribution in [0.4, 0.5) is 5.69 Å². The Balaban J connectivity index is 1.29. The molecule has 0 fully saturated rings. The van der Waals surface area contributed by atoms with Gasteiger partial charge in [0.15, 0.2) is 5.82 Å². The number of fused-ring (bicyclic) bond motifs is 1. The van der Waals surface area contributed by atoms with E-state index in [-0.39, 0.29) is 0 Å². The summed E-state index contributed by atoms with van der Waals surface area (Å²) in [4.78, 5) is 13.3. The molecular weight excluding hydrogens is 376 g/mol. The summed E-state index contributed by atoms with van der Waals surface area (Å²) < 4.78 is 0. The van der Waals surface area contributed by atoms with Crippen molar-refractivity contribution in [3.05, 3.63) is 88.4 Å². The number of thiophene rings is 1. The Morgan fingerprint density at radius 1 is 0.966 bits per heavy atom. The first-order chi connectivity index (χ1) is 14.2. The van der Waals surface area contributed by atoms with Crippen molar-refractivity contribution in [1.82, 2.24) is 14.9 Å². The zero-order chi connectivity index (χ0) is 19.6. The van der Waals surface area contributed by atoms with Crippen molar-refractivity contribution in [3.8, 4) is 22.5 Å². The van der Waals surface area contributed by atoms with Crippen LogP contribution in [0.5, 0.6) is 0 Å². The fourth-order valence-electron chi connectivity index (χ4n) is 3.75. The molecule has 2 aromatic heterocycles. The molecular formula is C24H22N4S. The first kappa shape index (κ1) is 18.0. The fourth-order valence-corrected chi connectivity index (χ4v) is 4.68. The molecule has 0 aliphatic carbocycles. The van der Waals surface area contributed by atoms with Crippen LogP contribution >= 0.6 is 11.3 Å². The van der Waals surface area contributed by atoms with E-state index in [0.29, 0.717) is 0 Å². The highest BCUT2D eigenvalue weighted by molar-refractivity contribution is 7.10. The first-order valence-electron chi connectivity index (χ1n) is 9.80. The van der Waals surface area contributed by atoms with Gasteiger partial charge in [0.05, 0.1) is 5.69 Å². The molecule has 144 valence electrons. The summed E-state index contributed by atoms with van der Waals surface area (Å²) in [6.07, 6.45) is 2.95. The van der Waals surface area contributed by atoms with Gasteiger partial charge in [-0.1, -0.05) is 30.3 Å². The van der Waals surface area contributed by atoms with Gasteiger partial charge in [-0.2, -0.15) is 0 Å². The Bertz CT molecular complexity index is 1120. The van der Waals surface area contributed by atoms with E-state index in [2.05, 4.69) is 51.7 Å². The van der Waals surface area contributed by atoms with E-state index in [9.17, 15) is 0 Å². The third-order valence-electron chi connectivity index (χ3n) is 5.32. The van der Waals surface area contributed by atoms with Crippen molar-refractivity contribution in [2.24, 2.45) is 0 Å². The lowest BCUT2D eigenvalue weighted by molar-refractivity contribution is 0.245. The van der Waals surface area contributed by atoms with Crippen molar-refractivity contribution >= 4 is 17.0 Å². The average molecular weight is 399 g/mol. The summed E-state index contributed by atoms with van der Waals surface area (Å²) in [5, 5.41) is 2.25. The van der Waals surface area contributed by atoms with Crippen LogP contribution in [0.15, 0.2) is 72.2 Å². The topological polar surface area (TPSA) is 55.0 Å². The van der Waals surface area contributed by atoms with Gasteiger partial charge < -0.3 is 5.73 Å². The highest BCUT2D eigenvalue weighted by atomic mass is 32.1. The maximum absolute atomic E-state index is 5.78. The standard InChI is InChI=1S/C24H22N4S/c25-21-8-6-18(7-9-21)24-26-13-20-14-28(11-10-23(20)27-24)15-22-12-19(16-29-22)17-4-2-1-3-5-17/h1-9,12-13,16H,10-11,14-15,25H2. The van der Waals surface area contributed by atoms with Gasteiger partial charge >= 0.3 is 0 Å². The highest BCUT2D eigenvalue weighted by Gasteiger charge is 2.19. The Morgan fingerprint density at radius 3 is 2.62 bits per heavy atom. The van der Waals surface area contributed by atoms with E-state index in [4.69, 9.17) is 10.7 Å². The number of benzene rings is 2. The van der Waals surface area contributed by atoms with E-state index in [0.717, 1.165) is 43.1 Å². The number of aromatic nitrogens is 2. The summed E-state index contributed by atoms with van der Waals surface area (Å²) in [5.74, 6) is 0.781. The van der Waals surface area contributed by atoms with Crippen LogP contribution in [0.2, 0.25) is 0 Å². The van der Waals surface area contributed by atoms with Gasteiger partial charge in [-0.3, -0.25) is 4.90 Å². The molecule has 2 aromatic carbocycles. The van der Waals surface area contributed by atoms with Crippen molar-refractivity contribution < 1.29 is 0 Å². The van der Waals surface area contributed by atoms with E-state index in [1.165, 1.54) is 27.3 Å². The molecule has 1 aliphatic heterocycles. The zero-order valence-corrected chi connectivity index (χ0v) is 16.9. The second-order valence-electron chi connectivity index (χ2n) is 7.42. The van der Waals surface area contributed by atoms with Crippen molar-refractivity contribution in [3.63, 3.8) is 0 Å². The second kappa shape index (κ2) is 7.78. The molecule has 29 heavy (non-hydrogen) atoms. The van der Waals surface area contributed by atoms with Crippen LogP contribution in [0, 0.1) is 0 Å². The Morgan fingerprint density at radius 2 is 1.79 bits per heavy atom. The molecule has 0 unspecified atom stereocenters. The van der Waals surface area contributed by atoms with Crippen LogP contribution in [-0.4, -0.2) is 21.4 Å². The van der Waals surface area contributed by atoms with Gasteiger partial charge in [0.25, 0.3) is 0 Å². The number of hydrogen-bond acceptors (Lipinski definition) is 5. The maximum atomic E-state index is 5.78. The predicted octanol–water partition coefficient (Wildman–Crippen LogP) is 5.01. The van der Waals surface area contributed by atoms with Gasteiger partial charge in [-0.25, -0.2) is 9.97 Å². The monoisotopic (exact) mass is 398 g/mol. The first-order valence-corrected chi connectivity index (χ1v) is 10.7. The van der Waals surface area contributed by atoms with Gasteiger partial charge in [0.1, 0.15) is 0 Å². The largest absolute Gasteiger partial charge is 0.399 e. The fraction of sp³-hybridized carbons (Fsp3) is 0.167. The maximum Gasteiger partial charge on any atom is 0.159 e. The minimum Gasteiger partial charge on any atom is -0.399 e. The lowest BCUT2D eigenvalue weighted by atomic mass is 10.1. The highest BCUT2D eigenvalue weighted by Crippen LogP contribution is 2.28. The Hall–Kier alpha value is -3.02. The van der Waals surface area contributed by atoms with E-state index < -0.39 is 0 Å². The van der Waals surface area contributed by atoms with Crippen LogP contribution < -0.4 is 5.73 Å². The molecule has 0 saturated carbocycles. The average Bonchev–Trinajstić information content (AvgIpc) is 3.23. The summed E-state index contributed by atoms with van der Waals surface area (Å²) in [7, 11) is 0. The molecule has 2 N–H and O–H groups in total. The van der Waals surface area contributed by atoms with E-state index >= 15 is 0 Å². The van der Waals surface area contributed by atoms with Gasteiger partial charge in [0, 0.05) is 53.9 Å². The van der Waals surface area contributed by atoms with Crippen LogP contribution in [0.3, 0.4) is 0 Å². The predicted molar refractivity (Wildman–Crippen MR) is 119 cm³/mol. The second-order valence-corrected chi connectivity index (χ2v) is 8.41. The lowest BCUT2D eigenvalue weighted by Crippen LogP contribution is -2.30. The number of nitrogen functional groups attached to an aromatic ring is 1. The molecule has 1 aliphatic rings. The smallest absolute Gasteiger partial charge is 0.159 e. The molecule has 0 radical (unpaired) electrons. The molecule has 0 atom stereocenters. The van der Waals surface area contributed by atoms with Crippen molar-refractivity contribution in [1.29, 1.82) is 0 Å². The van der Waals surface area contributed by atoms with Crippen LogP contribution in [0.25, 0.3) is 22.5 Å². The van der Waals surface area contributed by atoms with Gasteiger partial charge in [-0.15, -0.1) is 11.3 Å². The Labute approximate surface area is 174 Å². The summed E-state index contributed by atoms with van der Waals surface area (Å²) in [5.41, 5.74) is 12.5. The molecule has 4 nitrogen and oxygen atoms in total. The molecule has 0 saturated heterocycles. The van der Waals surface area contributed by atoms with E-state index in [1.54, 1.807) is 0 Å². The molecule has 0 amide bonds. The van der Waals surface area contributed by atoms with Gasteiger partial charge in [-0.05, 0) is 46.8 Å². The SMILES string of the molecule is Nc1ccc(-c2ncc3c(n2)CCN(Cc2cc(-c4ccccc4)cs2)C3)cc1. The number of anilines is 1. The quantitative estimate of drug-likeness (QED) is 0.491. The minimum absolute atomic E-state index is 0.756. The van der Waals surface area contributed by atoms with E-state index in [1.807, 2.05) is 41.8 Å². The summed E-state index contributed by atoms with van der Waals surface area (Å²) in [6, 6.07) is 20.6. The zero-order valence-electron chi connectivity index (χ0n) is 16.1. The van der Waals surface area contributed by atoms with Crippen LogP contribution in [-0.2, 0) is 19.5 Å². The Kier molecular flexibility index (Phi) is 4.84. The number of nitrogens with zero attached hydrogens (tertiary/aromatic N) is 3. The number of hydrogen-bond donors (Lipinski definition) is 1. The normalized spacial score (nSPS) is 13.9.